The molecule has 90 valence electrons. The largest absolute Gasteiger partial charge is 0.452 e. The summed E-state index contributed by atoms with van der Waals surface area (Å²) in [5.74, 6) is 0. The molecule has 0 aromatic rings. The molecule has 6 heteroatoms. The minimum Gasteiger partial charge on any atom is -0.452 e. The Balaban J connectivity index is 2.95. The average Bonchev–Trinajstić information content (AvgIpc) is 2.30. The summed E-state index contributed by atoms with van der Waals surface area (Å²) in [5.41, 5.74) is 2.09. The van der Waals surface area contributed by atoms with Gasteiger partial charge in [0, 0.05) is 0 Å². The van der Waals surface area contributed by atoms with E-state index in [9.17, 15) is 9.59 Å². The molecule has 1 aliphatic rings. The van der Waals surface area contributed by atoms with Crippen LogP contribution in [-0.2, 0) is 9.47 Å². The van der Waals surface area contributed by atoms with Crippen molar-refractivity contribution < 1.29 is 19.1 Å². The van der Waals surface area contributed by atoms with Crippen LogP contribution >= 0.6 is 0 Å². The zero-order chi connectivity index (χ0) is 12.3. The Morgan fingerprint density at radius 3 is 1.50 bits per heavy atom. The maximum atomic E-state index is 11.5. The van der Waals surface area contributed by atoms with Crippen molar-refractivity contribution in [2.75, 3.05) is 27.3 Å². The summed E-state index contributed by atoms with van der Waals surface area (Å²) in [4.78, 5) is 23.0. The predicted molar refractivity (Wildman–Crippen MR) is 56.6 cm³/mol. The molecule has 16 heavy (non-hydrogen) atoms. The number of rotatable bonds is 0. The van der Waals surface area contributed by atoms with Crippen LogP contribution in [0.1, 0.15) is 13.8 Å². The fourth-order valence-electron chi connectivity index (χ4n) is 1.43. The highest BCUT2D eigenvalue weighted by molar-refractivity contribution is 5.75. The molecule has 1 heterocycles. The fraction of sp³-hybridized carbons (Fsp3) is 0.600. The summed E-state index contributed by atoms with van der Waals surface area (Å²) < 4.78 is 9.23. The lowest BCUT2D eigenvalue weighted by Crippen LogP contribution is -2.53. The van der Waals surface area contributed by atoms with Crippen molar-refractivity contribution >= 4 is 12.2 Å². The smallest absolute Gasteiger partial charge is 0.428 e. The summed E-state index contributed by atoms with van der Waals surface area (Å²) in [7, 11) is 2.55. The standard InChI is InChI=1S/C10H16N2O4/c1-7-5-11(9(13)15-3)12(6-8(7)2)10(14)16-4/h5-6H2,1-4H3. The predicted octanol–water partition coefficient (Wildman–Crippen LogP) is 1.39. The van der Waals surface area contributed by atoms with E-state index in [-0.39, 0.29) is 0 Å². The summed E-state index contributed by atoms with van der Waals surface area (Å²) in [6, 6.07) is 0. The number of carbonyl (C=O) groups excluding carboxylic acids is 2. The topological polar surface area (TPSA) is 59.1 Å². The Morgan fingerprint density at radius 2 is 1.25 bits per heavy atom. The number of amides is 2. The maximum absolute atomic E-state index is 11.5. The van der Waals surface area contributed by atoms with Gasteiger partial charge in [0.05, 0.1) is 27.3 Å². The van der Waals surface area contributed by atoms with Crippen molar-refractivity contribution in [2.24, 2.45) is 0 Å². The van der Waals surface area contributed by atoms with Gasteiger partial charge in [0.1, 0.15) is 0 Å². The number of hydrogen-bond acceptors (Lipinski definition) is 4. The quantitative estimate of drug-likeness (QED) is 0.588. The first-order valence-electron chi connectivity index (χ1n) is 4.87. The van der Waals surface area contributed by atoms with Crippen molar-refractivity contribution in [3.05, 3.63) is 11.1 Å². The zero-order valence-electron chi connectivity index (χ0n) is 9.94. The summed E-state index contributed by atoms with van der Waals surface area (Å²) in [6.07, 6.45) is -1.14. The molecule has 0 N–H and O–H groups in total. The number of ether oxygens (including phenoxy) is 2. The van der Waals surface area contributed by atoms with E-state index in [1.807, 2.05) is 13.8 Å². The average molecular weight is 228 g/mol. The minimum absolute atomic E-state index is 0.341. The molecular weight excluding hydrogens is 212 g/mol. The fourth-order valence-corrected chi connectivity index (χ4v) is 1.43. The molecule has 2 amide bonds. The molecule has 0 saturated heterocycles. The first kappa shape index (κ1) is 12.4. The molecule has 0 bridgehead atoms. The third-order valence-electron chi connectivity index (χ3n) is 2.56. The molecule has 0 aromatic carbocycles. The van der Waals surface area contributed by atoms with Crippen molar-refractivity contribution in [1.82, 2.24) is 10.0 Å². The molecule has 1 aliphatic heterocycles. The molecular formula is C10H16N2O4. The Kier molecular flexibility index (Phi) is 3.76. The van der Waals surface area contributed by atoms with Gasteiger partial charge in [0.2, 0.25) is 0 Å². The van der Waals surface area contributed by atoms with Crippen molar-refractivity contribution in [2.45, 2.75) is 13.8 Å². The molecule has 0 unspecified atom stereocenters. The van der Waals surface area contributed by atoms with Gasteiger partial charge in [-0.15, -0.1) is 0 Å². The molecule has 0 atom stereocenters. The van der Waals surface area contributed by atoms with Gasteiger partial charge in [-0.05, 0) is 13.8 Å². The highest BCUT2D eigenvalue weighted by Gasteiger charge is 2.31. The van der Waals surface area contributed by atoms with E-state index in [0.29, 0.717) is 13.1 Å². The second-order valence-electron chi connectivity index (χ2n) is 3.62. The van der Waals surface area contributed by atoms with Gasteiger partial charge < -0.3 is 9.47 Å². The van der Waals surface area contributed by atoms with E-state index in [4.69, 9.17) is 0 Å². The lowest BCUT2D eigenvalue weighted by molar-refractivity contribution is -0.00630. The van der Waals surface area contributed by atoms with Crippen LogP contribution in [0.3, 0.4) is 0 Å². The molecule has 1 rings (SSSR count). The van der Waals surface area contributed by atoms with Crippen LogP contribution < -0.4 is 0 Å². The monoisotopic (exact) mass is 228 g/mol. The molecule has 0 saturated carbocycles. The first-order chi connectivity index (χ1) is 7.51. The molecule has 0 fully saturated rings. The van der Waals surface area contributed by atoms with Crippen molar-refractivity contribution in [3.63, 3.8) is 0 Å². The summed E-state index contributed by atoms with van der Waals surface area (Å²) in [5, 5.41) is 2.46. The van der Waals surface area contributed by atoms with Gasteiger partial charge in [-0.2, -0.15) is 0 Å². The summed E-state index contributed by atoms with van der Waals surface area (Å²) >= 11 is 0. The third kappa shape index (κ3) is 2.26. The number of hydrazine groups is 1. The molecule has 0 radical (unpaired) electrons. The van der Waals surface area contributed by atoms with Gasteiger partial charge in [0.25, 0.3) is 0 Å². The lowest BCUT2D eigenvalue weighted by Gasteiger charge is -2.37. The van der Waals surface area contributed by atoms with Gasteiger partial charge in [-0.3, -0.25) is 0 Å². The highest BCUT2D eigenvalue weighted by Crippen LogP contribution is 2.18. The van der Waals surface area contributed by atoms with Crippen molar-refractivity contribution in [3.8, 4) is 0 Å². The van der Waals surface area contributed by atoms with E-state index < -0.39 is 12.2 Å². The minimum atomic E-state index is -0.572. The summed E-state index contributed by atoms with van der Waals surface area (Å²) in [6.45, 7) is 4.51. The van der Waals surface area contributed by atoms with Crippen LogP contribution in [0, 0.1) is 0 Å². The second kappa shape index (κ2) is 4.87. The highest BCUT2D eigenvalue weighted by atomic mass is 16.6. The Hall–Kier alpha value is -1.72. The first-order valence-corrected chi connectivity index (χ1v) is 4.87. The van der Waals surface area contributed by atoms with Gasteiger partial charge in [-0.25, -0.2) is 19.6 Å². The molecule has 0 aromatic heterocycles. The molecule has 0 aliphatic carbocycles. The molecule has 6 nitrogen and oxygen atoms in total. The second-order valence-corrected chi connectivity index (χ2v) is 3.62. The number of methoxy groups -OCH3 is 2. The van der Waals surface area contributed by atoms with E-state index in [0.717, 1.165) is 11.1 Å². The normalized spacial score (nSPS) is 16.2. The van der Waals surface area contributed by atoms with E-state index in [1.54, 1.807) is 0 Å². The van der Waals surface area contributed by atoms with Gasteiger partial charge in [-0.1, -0.05) is 11.1 Å². The van der Waals surface area contributed by atoms with Crippen molar-refractivity contribution in [1.29, 1.82) is 0 Å². The lowest BCUT2D eigenvalue weighted by atomic mass is 10.1. The Bertz CT molecular complexity index is 306. The Labute approximate surface area is 94.4 Å². The van der Waals surface area contributed by atoms with Crippen LogP contribution in [-0.4, -0.2) is 49.5 Å². The van der Waals surface area contributed by atoms with E-state index >= 15 is 0 Å². The maximum Gasteiger partial charge on any atom is 0.428 e. The van der Waals surface area contributed by atoms with E-state index in [1.165, 1.54) is 24.2 Å². The number of hydrogen-bond donors (Lipinski definition) is 0. The van der Waals surface area contributed by atoms with Crippen LogP contribution in [0.4, 0.5) is 9.59 Å². The van der Waals surface area contributed by atoms with E-state index in [2.05, 4.69) is 9.47 Å². The Morgan fingerprint density at radius 1 is 0.938 bits per heavy atom. The van der Waals surface area contributed by atoms with Gasteiger partial charge in [0.15, 0.2) is 0 Å². The van der Waals surface area contributed by atoms with Crippen LogP contribution in [0.25, 0.3) is 0 Å². The molecule has 0 spiro atoms. The number of carbonyl (C=O) groups is 2. The van der Waals surface area contributed by atoms with Crippen LogP contribution in [0.5, 0.6) is 0 Å². The third-order valence-corrected chi connectivity index (χ3v) is 2.56. The van der Waals surface area contributed by atoms with Gasteiger partial charge >= 0.3 is 12.2 Å². The SMILES string of the molecule is COC(=O)N1CC(C)=C(C)CN1C(=O)OC. The zero-order valence-corrected chi connectivity index (χ0v) is 9.94. The van der Waals surface area contributed by atoms with Crippen LogP contribution in [0.2, 0.25) is 0 Å². The van der Waals surface area contributed by atoms with Crippen LogP contribution in [0.15, 0.2) is 11.1 Å². The number of nitrogens with zero attached hydrogens (tertiary/aromatic N) is 2.